The predicted octanol–water partition coefficient (Wildman–Crippen LogP) is -0.488. The van der Waals surface area contributed by atoms with Gasteiger partial charge in [-0.1, -0.05) is 30.3 Å². The van der Waals surface area contributed by atoms with Crippen molar-refractivity contribution in [1.82, 2.24) is 0 Å². The number of methoxy groups -OCH3 is 2. The van der Waals surface area contributed by atoms with Gasteiger partial charge in [-0.3, -0.25) is 0 Å². The zero-order valence-electron chi connectivity index (χ0n) is 10.6. The van der Waals surface area contributed by atoms with Crippen LogP contribution in [0.2, 0.25) is 0 Å². The molecule has 1 aromatic carbocycles. The number of esters is 2. The second-order valence-corrected chi connectivity index (χ2v) is 3.90. The van der Waals surface area contributed by atoms with Crippen molar-refractivity contribution in [2.24, 2.45) is 0 Å². The van der Waals surface area contributed by atoms with E-state index in [1.165, 1.54) is 14.2 Å². The van der Waals surface area contributed by atoms with Crippen molar-refractivity contribution < 1.29 is 28.4 Å². The van der Waals surface area contributed by atoms with Crippen molar-refractivity contribution in [1.29, 1.82) is 0 Å². The number of carbonyl (C=O) groups excluding carboxylic acids is 2. The number of carbonyl (C=O) groups is 2. The van der Waals surface area contributed by atoms with E-state index in [9.17, 15) is 9.59 Å². The Morgan fingerprint density at radius 2 is 1.47 bits per heavy atom. The molecule has 7 heteroatoms. The van der Waals surface area contributed by atoms with E-state index in [2.05, 4.69) is 9.47 Å². The minimum atomic E-state index is -1.12. The number of hydrogen-bond acceptors (Lipinski definition) is 6. The number of ether oxygens (including phenoxy) is 2. The zero-order valence-corrected chi connectivity index (χ0v) is 10.6. The van der Waals surface area contributed by atoms with Crippen molar-refractivity contribution in [3.63, 3.8) is 0 Å². The normalized spacial score (nSPS) is 22.1. The molecule has 2 rings (SSSR count). The summed E-state index contributed by atoms with van der Waals surface area (Å²) in [5.74, 6) is -1.34. The molecule has 0 bridgehead atoms. The molecule has 2 atom stereocenters. The fraction of sp³-hybridized carbons (Fsp3) is 0.333. The summed E-state index contributed by atoms with van der Waals surface area (Å²) in [6.07, 6.45) is -2.25. The van der Waals surface area contributed by atoms with E-state index >= 15 is 0 Å². The number of hydrogen-bond donors (Lipinski definition) is 0. The van der Waals surface area contributed by atoms with E-state index in [1.54, 1.807) is 24.3 Å². The molecule has 1 saturated heterocycles. The topological polar surface area (TPSA) is 71.1 Å². The van der Waals surface area contributed by atoms with Gasteiger partial charge in [0.05, 0.1) is 14.2 Å². The SMILES string of the molecule is COC(=O)C1OB(c2ccccc2)OC1C(=O)OC. The molecule has 6 nitrogen and oxygen atoms in total. The van der Waals surface area contributed by atoms with Crippen molar-refractivity contribution in [2.45, 2.75) is 12.2 Å². The summed E-state index contributed by atoms with van der Waals surface area (Å²) in [7, 11) is 1.64. The standard InChI is InChI=1S/C12H13BO6/c1-16-11(14)9-10(12(15)17-2)19-13(18-9)8-6-4-3-5-7-8/h3-7,9-10H,1-2H3. The smallest absolute Gasteiger partial charge is 0.467 e. The Morgan fingerprint density at radius 3 is 1.89 bits per heavy atom. The molecular formula is C12H13BO6. The van der Waals surface area contributed by atoms with E-state index in [1.807, 2.05) is 6.07 Å². The Bertz CT molecular complexity index is 439. The molecule has 1 aliphatic heterocycles. The maximum Gasteiger partial charge on any atom is 0.495 e. The van der Waals surface area contributed by atoms with Crippen LogP contribution in [-0.2, 0) is 28.4 Å². The molecule has 0 amide bonds. The lowest BCUT2D eigenvalue weighted by atomic mass is 9.79. The first kappa shape index (κ1) is 13.6. The van der Waals surface area contributed by atoms with Crippen molar-refractivity contribution in [3.05, 3.63) is 30.3 Å². The van der Waals surface area contributed by atoms with E-state index < -0.39 is 31.3 Å². The van der Waals surface area contributed by atoms with Gasteiger partial charge in [-0.25, -0.2) is 9.59 Å². The van der Waals surface area contributed by atoms with Crippen LogP contribution in [0.4, 0.5) is 0 Å². The first-order chi connectivity index (χ1) is 9.17. The summed E-state index contributed by atoms with van der Waals surface area (Å²) < 4.78 is 20.1. The lowest BCUT2D eigenvalue weighted by Gasteiger charge is -2.13. The van der Waals surface area contributed by atoms with Gasteiger partial charge in [0.25, 0.3) is 0 Å². The minimum absolute atomic E-state index is 0.672. The van der Waals surface area contributed by atoms with Gasteiger partial charge in [0.15, 0.2) is 12.2 Å². The molecular weight excluding hydrogens is 251 g/mol. The fourth-order valence-electron chi connectivity index (χ4n) is 1.80. The predicted molar refractivity (Wildman–Crippen MR) is 65.6 cm³/mol. The second-order valence-electron chi connectivity index (χ2n) is 3.90. The van der Waals surface area contributed by atoms with Crippen LogP contribution < -0.4 is 5.46 Å². The third-order valence-electron chi connectivity index (χ3n) is 2.75. The number of benzene rings is 1. The van der Waals surface area contributed by atoms with Crippen LogP contribution in [0.5, 0.6) is 0 Å². The lowest BCUT2D eigenvalue weighted by molar-refractivity contribution is -0.160. The van der Waals surface area contributed by atoms with Gasteiger partial charge in [0, 0.05) is 0 Å². The van der Waals surface area contributed by atoms with Crippen LogP contribution in [0, 0.1) is 0 Å². The molecule has 2 unspecified atom stereocenters. The monoisotopic (exact) mass is 264 g/mol. The van der Waals surface area contributed by atoms with Gasteiger partial charge in [0.2, 0.25) is 0 Å². The minimum Gasteiger partial charge on any atom is -0.467 e. The summed E-state index contributed by atoms with van der Waals surface area (Å²) in [4.78, 5) is 23.2. The van der Waals surface area contributed by atoms with Crippen molar-refractivity contribution in [3.8, 4) is 0 Å². The molecule has 0 aromatic heterocycles. The van der Waals surface area contributed by atoms with Crippen LogP contribution in [0.3, 0.4) is 0 Å². The highest BCUT2D eigenvalue weighted by Gasteiger charge is 2.49. The third kappa shape index (κ3) is 2.77. The Labute approximate surface area is 110 Å². The average molecular weight is 264 g/mol. The molecule has 1 heterocycles. The molecule has 0 spiro atoms. The molecule has 1 aromatic rings. The highest BCUT2D eigenvalue weighted by atomic mass is 16.7. The largest absolute Gasteiger partial charge is 0.495 e. The third-order valence-corrected chi connectivity index (χ3v) is 2.75. The molecule has 1 aliphatic rings. The van der Waals surface area contributed by atoms with Crippen molar-refractivity contribution in [2.75, 3.05) is 14.2 Å². The van der Waals surface area contributed by atoms with Crippen LogP contribution in [0.15, 0.2) is 30.3 Å². The van der Waals surface area contributed by atoms with Gasteiger partial charge in [-0.05, 0) is 5.46 Å². The maximum absolute atomic E-state index is 11.6. The summed E-state index contributed by atoms with van der Waals surface area (Å²) in [6, 6.07) is 9.01. The van der Waals surface area contributed by atoms with E-state index in [-0.39, 0.29) is 0 Å². The molecule has 19 heavy (non-hydrogen) atoms. The average Bonchev–Trinajstić information content (AvgIpc) is 2.91. The van der Waals surface area contributed by atoms with Gasteiger partial charge < -0.3 is 18.8 Å². The highest BCUT2D eigenvalue weighted by molar-refractivity contribution is 6.62. The van der Waals surface area contributed by atoms with Gasteiger partial charge in [0.1, 0.15) is 0 Å². The first-order valence-electron chi connectivity index (χ1n) is 5.69. The Kier molecular flexibility index (Phi) is 4.18. The lowest BCUT2D eigenvalue weighted by Crippen LogP contribution is -2.38. The van der Waals surface area contributed by atoms with Gasteiger partial charge in [-0.2, -0.15) is 0 Å². The Morgan fingerprint density at radius 1 is 1.00 bits per heavy atom. The zero-order chi connectivity index (χ0) is 13.8. The first-order valence-corrected chi connectivity index (χ1v) is 5.69. The molecule has 1 fully saturated rings. The maximum atomic E-state index is 11.6. The van der Waals surface area contributed by atoms with Gasteiger partial charge in [-0.15, -0.1) is 0 Å². The summed E-state index contributed by atoms with van der Waals surface area (Å²) >= 11 is 0. The molecule has 0 radical (unpaired) electrons. The van der Waals surface area contributed by atoms with Crippen molar-refractivity contribution >= 4 is 24.5 Å². The summed E-state index contributed by atoms with van der Waals surface area (Å²) in [6.45, 7) is 0. The molecule has 0 saturated carbocycles. The molecule has 0 aliphatic carbocycles. The fourth-order valence-corrected chi connectivity index (χ4v) is 1.80. The van der Waals surface area contributed by atoms with Crippen LogP contribution in [0.1, 0.15) is 0 Å². The van der Waals surface area contributed by atoms with Crippen LogP contribution in [0.25, 0.3) is 0 Å². The van der Waals surface area contributed by atoms with Crippen LogP contribution in [-0.4, -0.2) is 45.5 Å². The second kappa shape index (κ2) is 5.86. The van der Waals surface area contributed by atoms with Gasteiger partial charge >= 0.3 is 19.1 Å². The molecule has 0 N–H and O–H groups in total. The summed E-state index contributed by atoms with van der Waals surface area (Å²) in [5.41, 5.74) is 0.711. The Balaban J connectivity index is 2.20. The summed E-state index contributed by atoms with van der Waals surface area (Å²) in [5, 5.41) is 0. The van der Waals surface area contributed by atoms with E-state index in [4.69, 9.17) is 9.31 Å². The quantitative estimate of drug-likeness (QED) is 0.542. The van der Waals surface area contributed by atoms with E-state index in [0.29, 0.717) is 5.46 Å². The Hall–Kier alpha value is -1.86. The van der Waals surface area contributed by atoms with Crippen LogP contribution >= 0.6 is 0 Å². The molecule has 100 valence electrons. The van der Waals surface area contributed by atoms with E-state index in [0.717, 1.165) is 0 Å². The highest BCUT2D eigenvalue weighted by Crippen LogP contribution is 2.19. The number of rotatable bonds is 3.